The predicted octanol–water partition coefficient (Wildman–Crippen LogP) is 1.96. The molecule has 94 valence electrons. The van der Waals surface area contributed by atoms with E-state index in [1.54, 1.807) is 0 Å². The van der Waals surface area contributed by atoms with Crippen LogP contribution in [0.15, 0.2) is 0 Å². The Morgan fingerprint density at radius 2 is 2.25 bits per heavy atom. The van der Waals surface area contributed by atoms with Crippen LogP contribution >= 0.6 is 0 Å². The van der Waals surface area contributed by atoms with Crippen LogP contribution in [0.5, 0.6) is 0 Å². The molecule has 0 aliphatic carbocycles. The van der Waals surface area contributed by atoms with E-state index in [1.807, 2.05) is 0 Å². The molecule has 0 bridgehead atoms. The number of ether oxygens (including phenoxy) is 2. The van der Waals surface area contributed by atoms with Gasteiger partial charge in [0.15, 0.2) is 0 Å². The normalized spacial score (nSPS) is 32.1. The third kappa shape index (κ3) is 4.04. The SMILES string of the molecule is CC(CCC1CCCO1)NCC1CCOC1. The largest absolute Gasteiger partial charge is 0.381 e. The van der Waals surface area contributed by atoms with Crippen LogP contribution in [-0.2, 0) is 9.47 Å². The van der Waals surface area contributed by atoms with Gasteiger partial charge in [-0.05, 0) is 44.9 Å². The first-order valence-corrected chi connectivity index (χ1v) is 6.77. The smallest absolute Gasteiger partial charge is 0.0576 e. The van der Waals surface area contributed by atoms with E-state index in [2.05, 4.69) is 12.2 Å². The average Bonchev–Trinajstić information content (AvgIpc) is 2.96. The van der Waals surface area contributed by atoms with E-state index in [0.29, 0.717) is 12.1 Å². The van der Waals surface area contributed by atoms with E-state index in [1.165, 1.54) is 32.1 Å². The highest BCUT2D eigenvalue weighted by Gasteiger charge is 2.18. The highest BCUT2D eigenvalue weighted by Crippen LogP contribution is 2.18. The predicted molar refractivity (Wildman–Crippen MR) is 64.6 cm³/mol. The Morgan fingerprint density at radius 1 is 1.31 bits per heavy atom. The lowest BCUT2D eigenvalue weighted by molar-refractivity contribution is 0.0999. The summed E-state index contributed by atoms with van der Waals surface area (Å²) in [5.74, 6) is 0.741. The van der Waals surface area contributed by atoms with E-state index < -0.39 is 0 Å². The van der Waals surface area contributed by atoms with E-state index in [-0.39, 0.29) is 0 Å². The van der Waals surface area contributed by atoms with Gasteiger partial charge in [0, 0.05) is 25.8 Å². The van der Waals surface area contributed by atoms with Crippen molar-refractivity contribution in [3.05, 3.63) is 0 Å². The second-order valence-electron chi connectivity index (χ2n) is 5.25. The van der Waals surface area contributed by atoms with Crippen LogP contribution in [0.2, 0.25) is 0 Å². The van der Waals surface area contributed by atoms with Gasteiger partial charge >= 0.3 is 0 Å². The zero-order valence-electron chi connectivity index (χ0n) is 10.4. The number of nitrogens with one attached hydrogen (secondary N) is 1. The molecule has 16 heavy (non-hydrogen) atoms. The van der Waals surface area contributed by atoms with Crippen molar-refractivity contribution in [3.8, 4) is 0 Å². The van der Waals surface area contributed by atoms with Gasteiger partial charge in [-0.3, -0.25) is 0 Å². The van der Waals surface area contributed by atoms with Crippen molar-refractivity contribution in [3.63, 3.8) is 0 Å². The Morgan fingerprint density at radius 3 is 2.94 bits per heavy atom. The summed E-state index contributed by atoms with van der Waals surface area (Å²) in [4.78, 5) is 0. The molecule has 2 aliphatic rings. The highest BCUT2D eigenvalue weighted by molar-refractivity contribution is 4.72. The van der Waals surface area contributed by atoms with Gasteiger partial charge < -0.3 is 14.8 Å². The zero-order chi connectivity index (χ0) is 11.2. The fourth-order valence-electron chi connectivity index (χ4n) is 2.52. The number of hydrogen-bond donors (Lipinski definition) is 1. The van der Waals surface area contributed by atoms with Gasteiger partial charge in [-0.25, -0.2) is 0 Å². The van der Waals surface area contributed by atoms with Crippen LogP contribution in [0, 0.1) is 5.92 Å². The summed E-state index contributed by atoms with van der Waals surface area (Å²) in [6, 6.07) is 0.616. The molecule has 3 unspecified atom stereocenters. The van der Waals surface area contributed by atoms with E-state index in [4.69, 9.17) is 9.47 Å². The first-order valence-electron chi connectivity index (χ1n) is 6.77. The summed E-state index contributed by atoms with van der Waals surface area (Å²) in [5.41, 5.74) is 0. The maximum absolute atomic E-state index is 5.63. The van der Waals surface area contributed by atoms with Crippen LogP contribution in [0.1, 0.15) is 39.0 Å². The Hall–Kier alpha value is -0.120. The van der Waals surface area contributed by atoms with Crippen LogP contribution in [0.4, 0.5) is 0 Å². The van der Waals surface area contributed by atoms with Gasteiger partial charge in [-0.15, -0.1) is 0 Å². The molecule has 2 rings (SSSR count). The maximum Gasteiger partial charge on any atom is 0.0576 e. The van der Waals surface area contributed by atoms with Crippen molar-refractivity contribution in [2.24, 2.45) is 5.92 Å². The first kappa shape index (κ1) is 12.3. The molecule has 2 aliphatic heterocycles. The average molecular weight is 227 g/mol. The van der Waals surface area contributed by atoms with Crippen molar-refractivity contribution in [1.82, 2.24) is 5.32 Å². The van der Waals surface area contributed by atoms with Crippen molar-refractivity contribution < 1.29 is 9.47 Å². The summed E-state index contributed by atoms with van der Waals surface area (Å²) in [5, 5.41) is 3.61. The van der Waals surface area contributed by atoms with Crippen molar-refractivity contribution in [1.29, 1.82) is 0 Å². The van der Waals surface area contributed by atoms with Gasteiger partial charge in [0.25, 0.3) is 0 Å². The van der Waals surface area contributed by atoms with Crippen molar-refractivity contribution in [2.45, 2.75) is 51.2 Å². The van der Waals surface area contributed by atoms with E-state index >= 15 is 0 Å². The van der Waals surface area contributed by atoms with Crippen LogP contribution < -0.4 is 5.32 Å². The molecule has 2 fully saturated rings. The molecule has 0 saturated carbocycles. The molecule has 0 aromatic rings. The third-order valence-corrected chi connectivity index (χ3v) is 3.72. The Bertz CT molecular complexity index is 166. The van der Waals surface area contributed by atoms with Gasteiger partial charge in [0.05, 0.1) is 12.7 Å². The molecule has 0 spiro atoms. The van der Waals surface area contributed by atoms with Crippen LogP contribution in [0.25, 0.3) is 0 Å². The van der Waals surface area contributed by atoms with E-state index in [9.17, 15) is 0 Å². The Balaban J connectivity index is 1.51. The van der Waals surface area contributed by atoms with Crippen LogP contribution in [-0.4, -0.2) is 38.5 Å². The monoisotopic (exact) mass is 227 g/mol. The second kappa shape index (κ2) is 6.58. The summed E-state index contributed by atoms with van der Waals surface area (Å²) in [6.45, 7) is 6.28. The lowest BCUT2D eigenvalue weighted by Crippen LogP contribution is -2.32. The minimum Gasteiger partial charge on any atom is -0.381 e. The molecule has 0 aromatic heterocycles. The molecule has 0 amide bonds. The minimum absolute atomic E-state index is 0.541. The lowest BCUT2D eigenvalue weighted by Gasteiger charge is -2.18. The van der Waals surface area contributed by atoms with Crippen LogP contribution in [0.3, 0.4) is 0 Å². The highest BCUT2D eigenvalue weighted by atomic mass is 16.5. The van der Waals surface area contributed by atoms with Crippen molar-refractivity contribution >= 4 is 0 Å². The fraction of sp³-hybridized carbons (Fsp3) is 1.00. The molecule has 0 aromatic carbocycles. The summed E-state index contributed by atoms with van der Waals surface area (Å²) in [7, 11) is 0. The molecule has 2 saturated heterocycles. The molecule has 1 N–H and O–H groups in total. The second-order valence-corrected chi connectivity index (χ2v) is 5.25. The number of hydrogen-bond acceptors (Lipinski definition) is 3. The summed E-state index contributed by atoms with van der Waals surface area (Å²) >= 11 is 0. The molecule has 3 atom stereocenters. The molecular weight excluding hydrogens is 202 g/mol. The van der Waals surface area contributed by atoms with Crippen molar-refractivity contribution in [2.75, 3.05) is 26.4 Å². The van der Waals surface area contributed by atoms with Gasteiger partial charge in [0.1, 0.15) is 0 Å². The first-order chi connectivity index (χ1) is 7.84. The lowest BCUT2D eigenvalue weighted by atomic mass is 10.1. The zero-order valence-corrected chi connectivity index (χ0v) is 10.4. The summed E-state index contributed by atoms with van der Waals surface area (Å²) < 4.78 is 11.0. The Labute approximate surface area is 98.9 Å². The van der Waals surface area contributed by atoms with Gasteiger partial charge in [-0.2, -0.15) is 0 Å². The van der Waals surface area contributed by atoms with Gasteiger partial charge in [0.2, 0.25) is 0 Å². The Kier molecular flexibility index (Phi) is 5.07. The molecule has 3 heteroatoms. The fourth-order valence-corrected chi connectivity index (χ4v) is 2.52. The third-order valence-electron chi connectivity index (χ3n) is 3.72. The molecule has 2 heterocycles. The summed E-state index contributed by atoms with van der Waals surface area (Å²) in [6.07, 6.45) is 6.74. The molecule has 0 radical (unpaired) electrons. The topological polar surface area (TPSA) is 30.5 Å². The van der Waals surface area contributed by atoms with E-state index in [0.717, 1.165) is 32.3 Å². The maximum atomic E-state index is 5.63. The standard InChI is InChI=1S/C13H25NO2/c1-11(4-5-13-3-2-7-16-13)14-9-12-6-8-15-10-12/h11-14H,2-10H2,1H3. The molecular formula is C13H25NO2. The molecule has 3 nitrogen and oxygen atoms in total. The minimum atomic E-state index is 0.541. The van der Waals surface area contributed by atoms with Gasteiger partial charge in [-0.1, -0.05) is 0 Å². The number of rotatable bonds is 6. The quantitative estimate of drug-likeness (QED) is 0.752.